The minimum absolute atomic E-state index is 0.286. The standard InChI is InChI=1S/C20H19N3O4S/c1-22-12-9-15(16-6-2-3-7-17(16)22)14-19-21-20-18(27-19)8-4-10-23(20)11-5-13-28(24,25)26/h2-4,6-10,12,14H,5,11,13H2,1H3/p+1. The maximum absolute atomic E-state index is 10.9. The van der Waals surface area contributed by atoms with Gasteiger partial charge in [0.2, 0.25) is 5.58 Å². The van der Waals surface area contributed by atoms with E-state index in [0.717, 1.165) is 16.8 Å². The van der Waals surface area contributed by atoms with E-state index >= 15 is 0 Å². The first-order chi connectivity index (χ1) is 13.4. The van der Waals surface area contributed by atoms with Gasteiger partial charge in [-0.3, -0.25) is 4.55 Å². The quantitative estimate of drug-likeness (QED) is 0.525. The third kappa shape index (κ3) is 3.83. The number of benzene rings is 1. The first-order valence-corrected chi connectivity index (χ1v) is 10.5. The van der Waals surface area contributed by atoms with Crippen LogP contribution in [0.4, 0.5) is 5.69 Å². The van der Waals surface area contributed by atoms with E-state index in [2.05, 4.69) is 22.0 Å². The van der Waals surface area contributed by atoms with Gasteiger partial charge in [-0.05, 0) is 29.8 Å². The molecule has 0 fully saturated rings. The summed E-state index contributed by atoms with van der Waals surface area (Å²) in [6, 6.07) is 11.8. The van der Waals surface area contributed by atoms with Gasteiger partial charge in [-0.1, -0.05) is 18.2 Å². The van der Waals surface area contributed by atoms with E-state index in [1.54, 1.807) is 0 Å². The van der Waals surface area contributed by atoms with E-state index in [1.807, 2.05) is 60.4 Å². The first-order valence-electron chi connectivity index (χ1n) is 8.87. The highest BCUT2D eigenvalue weighted by atomic mass is 32.2. The SMILES string of the molecule is CN1C=CC(=Cc2nc3c(ccc[n+]3CCCS(=O)(=O)O)o2)c2ccccc21. The molecule has 144 valence electrons. The zero-order valence-corrected chi connectivity index (χ0v) is 16.1. The molecule has 1 aromatic carbocycles. The molecule has 0 saturated heterocycles. The highest BCUT2D eigenvalue weighted by Gasteiger charge is 2.20. The second-order valence-corrected chi connectivity index (χ2v) is 8.20. The lowest BCUT2D eigenvalue weighted by atomic mass is 10.00. The summed E-state index contributed by atoms with van der Waals surface area (Å²) in [5.41, 5.74) is 4.45. The van der Waals surface area contributed by atoms with Crippen LogP contribution in [0.1, 0.15) is 17.9 Å². The van der Waals surface area contributed by atoms with E-state index < -0.39 is 10.1 Å². The molecule has 2 aromatic heterocycles. The van der Waals surface area contributed by atoms with Crippen molar-refractivity contribution in [2.24, 2.45) is 0 Å². The third-order valence-corrected chi connectivity index (χ3v) is 5.39. The van der Waals surface area contributed by atoms with E-state index in [1.165, 1.54) is 0 Å². The Bertz CT molecular complexity index is 1200. The third-order valence-electron chi connectivity index (χ3n) is 4.59. The topological polar surface area (TPSA) is 87.5 Å². The number of anilines is 1. The molecule has 0 aliphatic carbocycles. The molecule has 3 aromatic rings. The molecule has 1 aliphatic rings. The van der Waals surface area contributed by atoms with Crippen molar-refractivity contribution < 1.29 is 22.0 Å². The fourth-order valence-electron chi connectivity index (χ4n) is 3.27. The maximum atomic E-state index is 10.9. The zero-order chi connectivity index (χ0) is 19.7. The number of allylic oxidation sites excluding steroid dienone is 2. The molecule has 0 radical (unpaired) electrons. The molecule has 0 unspecified atom stereocenters. The summed E-state index contributed by atoms with van der Waals surface area (Å²) >= 11 is 0. The Kier molecular flexibility index (Phi) is 4.74. The van der Waals surface area contributed by atoms with Crippen LogP contribution in [-0.4, -0.2) is 30.8 Å². The summed E-state index contributed by atoms with van der Waals surface area (Å²) in [7, 11) is -1.97. The molecule has 0 bridgehead atoms. The van der Waals surface area contributed by atoms with Crippen LogP contribution < -0.4 is 9.47 Å². The van der Waals surface area contributed by atoms with Crippen LogP contribution in [0.2, 0.25) is 0 Å². The molecule has 1 N–H and O–H groups in total. The second-order valence-electron chi connectivity index (χ2n) is 6.62. The zero-order valence-electron chi connectivity index (χ0n) is 15.3. The Hall–Kier alpha value is -2.97. The molecule has 28 heavy (non-hydrogen) atoms. The smallest absolute Gasteiger partial charge is 0.370 e. The van der Waals surface area contributed by atoms with Gasteiger partial charge in [0, 0.05) is 42.0 Å². The molecule has 3 heterocycles. The molecule has 1 aliphatic heterocycles. The molecule has 4 rings (SSSR count). The average Bonchev–Trinajstić information content (AvgIpc) is 3.07. The lowest BCUT2D eigenvalue weighted by molar-refractivity contribution is -0.673. The molecule has 0 saturated carbocycles. The second kappa shape index (κ2) is 7.21. The van der Waals surface area contributed by atoms with Crippen molar-refractivity contribution in [3.8, 4) is 0 Å². The number of rotatable bonds is 5. The van der Waals surface area contributed by atoms with Crippen LogP contribution in [0, 0.1) is 0 Å². The van der Waals surface area contributed by atoms with Crippen LogP contribution >= 0.6 is 0 Å². The number of aromatic nitrogens is 2. The minimum atomic E-state index is -3.97. The lowest BCUT2D eigenvalue weighted by Gasteiger charge is -2.23. The van der Waals surface area contributed by atoms with Crippen molar-refractivity contribution in [3.05, 3.63) is 66.3 Å². The summed E-state index contributed by atoms with van der Waals surface area (Å²) in [4.78, 5) is 6.63. The molecule has 7 nitrogen and oxygen atoms in total. The lowest BCUT2D eigenvalue weighted by Crippen LogP contribution is -2.35. The van der Waals surface area contributed by atoms with Crippen molar-refractivity contribution in [1.82, 2.24) is 4.98 Å². The number of fused-ring (bicyclic) bond motifs is 2. The molecule has 8 heteroatoms. The fourth-order valence-corrected chi connectivity index (χ4v) is 3.76. The Morgan fingerprint density at radius 3 is 2.89 bits per heavy atom. The first kappa shape index (κ1) is 18.4. The summed E-state index contributed by atoms with van der Waals surface area (Å²) < 4.78 is 38.5. The number of nitrogens with zero attached hydrogens (tertiary/aromatic N) is 3. The number of aryl methyl sites for hydroxylation is 1. The van der Waals surface area contributed by atoms with Gasteiger partial charge < -0.3 is 9.32 Å². The summed E-state index contributed by atoms with van der Waals surface area (Å²) in [6.45, 7) is 0.410. The van der Waals surface area contributed by atoms with Gasteiger partial charge in [0.25, 0.3) is 10.1 Å². The van der Waals surface area contributed by atoms with Gasteiger partial charge in [-0.25, -0.2) is 4.57 Å². The van der Waals surface area contributed by atoms with E-state index in [4.69, 9.17) is 8.97 Å². The summed E-state index contributed by atoms with van der Waals surface area (Å²) in [5, 5.41) is 0. The Balaban J connectivity index is 1.67. The molecule has 0 atom stereocenters. The highest BCUT2D eigenvalue weighted by molar-refractivity contribution is 7.85. The highest BCUT2D eigenvalue weighted by Crippen LogP contribution is 2.33. The van der Waals surface area contributed by atoms with Crippen molar-refractivity contribution in [1.29, 1.82) is 0 Å². The van der Waals surface area contributed by atoms with E-state index in [0.29, 0.717) is 23.7 Å². The number of hydrogen-bond donors (Lipinski definition) is 1. The van der Waals surface area contributed by atoms with Crippen LogP contribution in [0.15, 0.2) is 59.3 Å². The summed E-state index contributed by atoms with van der Waals surface area (Å²) in [6.07, 6.45) is 8.00. The Labute approximate surface area is 163 Å². The van der Waals surface area contributed by atoms with Crippen LogP contribution in [0.3, 0.4) is 0 Å². The number of hydrogen-bond acceptors (Lipinski definition) is 5. The molecule has 0 spiro atoms. The monoisotopic (exact) mass is 398 g/mol. The van der Waals surface area contributed by atoms with Crippen molar-refractivity contribution in [2.45, 2.75) is 13.0 Å². The van der Waals surface area contributed by atoms with Gasteiger partial charge in [-0.15, -0.1) is 0 Å². The summed E-state index contributed by atoms with van der Waals surface area (Å²) in [5.74, 6) is 0.184. The fraction of sp³-hybridized carbons (Fsp3) is 0.200. The van der Waals surface area contributed by atoms with Crippen LogP contribution in [0.5, 0.6) is 0 Å². The van der Waals surface area contributed by atoms with Crippen molar-refractivity contribution in [3.63, 3.8) is 0 Å². The predicted molar refractivity (Wildman–Crippen MR) is 107 cm³/mol. The molecular weight excluding hydrogens is 378 g/mol. The van der Waals surface area contributed by atoms with Crippen molar-refractivity contribution in [2.75, 3.05) is 17.7 Å². The van der Waals surface area contributed by atoms with Gasteiger partial charge in [-0.2, -0.15) is 8.42 Å². The van der Waals surface area contributed by atoms with Crippen LogP contribution in [0.25, 0.3) is 22.9 Å². The van der Waals surface area contributed by atoms with Gasteiger partial charge in [0.05, 0.1) is 18.5 Å². The van der Waals surface area contributed by atoms with Crippen molar-refractivity contribution >= 4 is 38.7 Å². The van der Waals surface area contributed by atoms with Gasteiger partial charge in [0.15, 0.2) is 0 Å². The number of pyridine rings is 1. The van der Waals surface area contributed by atoms with E-state index in [9.17, 15) is 8.42 Å². The Morgan fingerprint density at radius 1 is 1.25 bits per heavy atom. The maximum Gasteiger partial charge on any atom is 0.370 e. The molecular formula is C20H20N3O4S+. The van der Waals surface area contributed by atoms with Crippen LogP contribution in [-0.2, 0) is 16.7 Å². The number of oxazole rings is 1. The minimum Gasteiger partial charge on any atom is -0.411 e. The molecule has 0 amide bonds. The largest absolute Gasteiger partial charge is 0.411 e. The predicted octanol–water partition coefficient (Wildman–Crippen LogP) is 2.90. The Morgan fingerprint density at radius 2 is 2.07 bits per heavy atom. The van der Waals surface area contributed by atoms with E-state index in [-0.39, 0.29) is 12.2 Å². The average molecular weight is 398 g/mol. The van der Waals surface area contributed by atoms with Gasteiger partial charge in [0.1, 0.15) is 0 Å². The normalized spacial score (nSPS) is 15.4. The number of para-hydroxylation sites is 1. The van der Waals surface area contributed by atoms with Gasteiger partial charge >= 0.3 is 11.5 Å².